The second kappa shape index (κ2) is 6.90. The van der Waals surface area contributed by atoms with Gasteiger partial charge in [-0.1, -0.05) is 12.1 Å². The zero-order chi connectivity index (χ0) is 17.1. The van der Waals surface area contributed by atoms with Gasteiger partial charge in [-0.05, 0) is 45.3 Å². The van der Waals surface area contributed by atoms with Gasteiger partial charge in [0, 0.05) is 19.3 Å². The average molecular weight is 320 g/mol. The smallest absolute Gasteiger partial charge is 0.399 e. The molecule has 0 unspecified atom stereocenters. The van der Waals surface area contributed by atoms with Gasteiger partial charge < -0.3 is 24.7 Å². The molecule has 0 bridgehead atoms. The molecule has 23 heavy (non-hydrogen) atoms. The van der Waals surface area contributed by atoms with E-state index >= 15 is 0 Å². The molecule has 0 saturated carbocycles. The molecule has 0 aromatic heterocycles. The largest absolute Gasteiger partial charge is 0.494 e. The molecule has 2 amide bonds. The number of carbonyl (C=O) groups excluding carboxylic acids is 1. The highest BCUT2D eigenvalue weighted by Crippen LogP contribution is 2.36. The van der Waals surface area contributed by atoms with Crippen LogP contribution in [0.4, 0.5) is 10.5 Å². The summed E-state index contributed by atoms with van der Waals surface area (Å²) in [5, 5.41) is 5.50. The van der Waals surface area contributed by atoms with E-state index in [0.29, 0.717) is 18.8 Å². The van der Waals surface area contributed by atoms with Crippen LogP contribution in [0, 0.1) is 0 Å². The van der Waals surface area contributed by atoms with Crippen molar-refractivity contribution in [1.82, 2.24) is 5.32 Å². The predicted octanol–water partition coefficient (Wildman–Crippen LogP) is 1.75. The summed E-state index contributed by atoms with van der Waals surface area (Å²) in [5.74, 6) is 0. The van der Waals surface area contributed by atoms with Crippen LogP contribution in [0.15, 0.2) is 24.3 Å². The molecule has 0 aliphatic carbocycles. The first kappa shape index (κ1) is 17.8. The van der Waals surface area contributed by atoms with Crippen molar-refractivity contribution < 1.29 is 18.8 Å². The van der Waals surface area contributed by atoms with Crippen molar-refractivity contribution in [2.24, 2.45) is 0 Å². The molecule has 0 radical (unpaired) electrons. The highest BCUT2D eigenvalue weighted by atomic mass is 16.7. The van der Waals surface area contributed by atoms with Gasteiger partial charge in [-0.15, -0.1) is 0 Å². The molecule has 7 heteroatoms. The SMILES string of the molecule is COCCNC(=O)Nc1cccc(B2OC(C)(C)C(C)(C)O2)c1. The topological polar surface area (TPSA) is 68.8 Å². The molecule has 1 fully saturated rings. The van der Waals surface area contributed by atoms with Crippen LogP contribution in [0.25, 0.3) is 0 Å². The average Bonchev–Trinajstić information content (AvgIpc) is 2.68. The summed E-state index contributed by atoms with van der Waals surface area (Å²) in [6, 6.07) is 7.21. The second-order valence-electron chi connectivity index (χ2n) is 6.59. The van der Waals surface area contributed by atoms with E-state index in [9.17, 15) is 4.79 Å². The monoisotopic (exact) mass is 320 g/mol. The summed E-state index contributed by atoms with van der Waals surface area (Å²) in [6.45, 7) is 8.98. The van der Waals surface area contributed by atoms with E-state index in [2.05, 4.69) is 10.6 Å². The van der Waals surface area contributed by atoms with Crippen molar-refractivity contribution in [3.05, 3.63) is 24.3 Å². The van der Waals surface area contributed by atoms with Gasteiger partial charge in [-0.25, -0.2) is 4.79 Å². The van der Waals surface area contributed by atoms with Crippen LogP contribution < -0.4 is 16.1 Å². The first-order valence-corrected chi connectivity index (χ1v) is 7.74. The normalized spacial score (nSPS) is 18.7. The summed E-state index contributed by atoms with van der Waals surface area (Å²) >= 11 is 0. The van der Waals surface area contributed by atoms with Gasteiger partial charge in [0.15, 0.2) is 0 Å². The lowest BCUT2D eigenvalue weighted by atomic mass is 9.79. The number of anilines is 1. The Morgan fingerprint density at radius 2 is 1.87 bits per heavy atom. The standard InChI is InChI=1S/C16H25BN2O4/c1-15(2)16(3,4)23-17(22-15)12-7-6-8-13(11-12)19-14(20)18-9-10-21-5/h6-8,11H,9-10H2,1-5H3,(H2,18,19,20). The van der Waals surface area contributed by atoms with Crippen LogP contribution in [0.2, 0.25) is 0 Å². The minimum Gasteiger partial charge on any atom is -0.399 e. The Balaban J connectivity index is 2.02. The van der Waals surface area contributed by atoms with Crippen LogP contribution in [0.5, 0.6) is 0 Å². The van der Waals surface area contributed by atoms with Gasteiger partial charge in [-0.2, -0.15) is 0 Å². The second-order valence-corrected chi connectivity index (χ2v) is 6.59. The molecule has 2 N–H and O–H groups in total. The third kappa shape index (κ3) is 4.25. The van der Waals surface area contributed by atoms with Crippen molar-refractivity contribution in [2.75, 3.05) is 25.6 Å². The molecule has 1 aliphatic rings. The Morgan fingerprint density at radius 1 is 1.22 bits per heavy atom. The highest BCUT2D eigenvalue weighted by Gasteiger charge is 2.51. The minimum absolute atomic E-state index is 0.270. The number of hydrogen-bond acceptors (Lipinski definition) is 4. The van der Waals surface area contributed by atoms with Crippen molar-refractivity contribution in [1.29, 1.82) is 0 Å². The van der Waals surface area contributed by atoms with E-state index < -0.39 is 18.3 Å². The molecular weight excluding hydrogens is 295 g/mol. The van der Waals surface area contributed by atoms with Crippen LogP contribution in [0.3, 0.4) is 0 Å². The summed E-state index contributed by atoms with van der Waals surface area (Å²) in [5.41, 5.74) is 0.780. The van der Waals surface area contributed by atoms with Gasteiger partial charge in [0.2, 0.25) is 0 Å². The Kier molecular flexibility index (Phi) is 5.34. The molecule has 6 nitrogen and oxygen atoms in total. The fourth-order valence-corrected chi connectivity index (χ4v) is 2.18. The fraction of sp³-hybridized carbons (Fsp3) is 0.562. The number of benzene rings is 1. The first-order valence-electron chi connectivity index (χ1n) is 7.74. The van der Waals surface area contributed by atoms with E-state index in [1.807, 2.05) is 52.0 Å². The lowest BCUT2D eigenvalue weighted by Gasteiger charge is -2.32. The number of methoxy groups -OCH3 is 1. The summed E-state index contributed by atoms with van der Waals surface area (Å²) in [4.78, 5) is 11.8. The number of amides is 2. The first-order chi connectivity index (χ1) is 10.7. The van der Waals surface area contributed by atoms with Gasteiger partial charge in [0.25, 0.3) is 0 Å². The van der Waals surface area contributed by atoms with Gasteiger partial charge in [-0.3, -0.25) is 0 Å². The van der Waals surface area contributed by atoms with Crippen molar-refractivity contribution >= 4 is 24.3 Å². The fourth-order valence-electron chi connectivity index (χ4n) is 2.18. The number of hydrogen-bond donors (Lipinski definition) is 2. The van der Waals surface area contributed by atoms with E-state index in [-0.39, 0.29) is 6.03 Å². The van der Waals surface area contributed by atoms with Crippen LogP contribution in [0.1, 0.15) is 27.7 Å². The molecule has 0 spiro atoms. The van der Waals surface area contributed by atoms with Gasteiger partial charge >= 0.3 is 13.1 Å². The highest BCUT2D eigenvalue weighted by molar-refractivity contribution is 6.62. The Bertz CT molecular complexity index is 547. The molecular formula is C16H25BN2O4. The maximum Gasteiger partial charge on any atom is 0.494 e. The lowest BCUT2D eigenvalue weighted by Crippen LogP contribution is -2.41. The quantitative estimate of drug-likeness (QED) is 0.641. The number of rotatable bonds is 5. The van der Waals surface area contributed by atoms with E-state index in [1.165, 1.54) is 0 Å². The van der Waals surface area contributed by atoms with Crippen molar-refractivity contribution in [3.63, 3.8) is 0 Å². The zero-order valence-corrected chi connectivity index (χ0v) is 14.4. The Labute approximate surface area is 138 Å². The maximum absolute atomic E-state index is 11.8. The Hall–Kier alpha value is -1.57. The van der Waals surface area contributed by atoms with Crippen LogP contribution >= 0.6 is 0 Å². The minimum atomic E-state index is -0.446. The zero-order valence-electron chi connectivity index (χ0n) is 14.4. The molecule has 1 heterocycles. The van der Waals surface area contributed by atoms with Crippen molar-refractivity contribution in [2.45, 2.75) is 38.9 Å². The summed E-state index contributed by atoms with van der Waals surface area (Å²) < 4.78 is 16.9. The number of urea groups is 1. The predicted molar refractivity (Wildman–Crippen MR) is 91.1 cm³/mol. The molecule has 1 saturated heterocycles. The molecule has 1 aliphatic heterocycles. The molecule has 2 rings (SSSR count). The van der Waals surface area contributed by atoms with Crippen LogP contribution in [-0.2, 0) is 14.0 Å². The van der Waals surface area contributed by atoms with E-state index in [0.717, 1.165) is 5.46 Å². The van der Waals surface area contributed by atoms with Crippen LogP contribution in [-0.4, -0.2) is 44.6 Å². The van der Waals surface area contributed by atoms with Gasteiger partial charge in [0.1, 0.15) is 0 Å². The number of carbonyl (C=O) groups is 1. The van der Waals surface area contributed by atoms with Crippen molar-refractivity contribution in [3.8, 4) is 0 Å². The Morgan fingerprint density at radius 3 is 2.48 bits per heavy atom. The lowest BCUT2D eigenvalue weighted by molar-refractivity contribution is 0.00578. The van der Waals surface area contributed by atoms with E-state index in [4.69, 9.17) is 14.0 Å². The van der Waals surface area contributed by atoms with E-state index in [1.54, 1.807) is 7.11 Å². The number of ether oxygens (including phenoxy) is 1. The number of nitrogens with one attached hydrogen (secondary N) is 2. The molecule has 1 aromatic carbocycles. The van der Waals surface area contributed by atoms with Gasteiger partial charge in [0.05, 0.1) is 17.8 Å². The third-order valence-corrected chi connectivity index (χ3v) is 4.26. The molecule has 1 aromatic rings. The maximum atomic E-state index is 11.8. The summed E-state index contributed by atoms with van der Waals surface area (Å²) in [7, 11) is 1.14. The molecule has 0 atom stereocenters. The summed E-state index contributed by atoms with van der Waals surface area (Å²) in [6.07, 6.45) is 0. The third-order valence-electron chi connectivity index (χ3n) is 4.26. The molecule has 126 valence electrons.